The molecule has 1 aromatic rings. The fourth-order valence-corrected chi connectivity index (χ4v) is 1.84. The Morgan fingerprint density at radius 1 is 1.53 bits per heavy atom. The van der Waals surface area contributed by atoms with Gasteiger partial charge in [-0.05, 0) is 40.9 Å². The number of halogens is 1. The normalized spacial score (nSPS) is 24.4. The summed E-state index contributed by atoms with van der Waals surface area (Å²) in [6.45, 7) is 0. The molecule has 80 valence electrons. The van der Waals surface area contributed by atoms with Crippen molar-refractivity contribution >= 4 is 21.8 Å². The van der Waals surface area contributed by atoms with E-state index in [1.807, 2.05) is 0 Å². The zero-order chi connectivity index (χ0) is 10.8. The Hall–Kier alpha value is -0.940. The molecule has 0 saturated heterocycles. The Bertz CT molecular complexity index is 377. The molecule has 0 radical (unpaired) electrons. The third-order valence-electron chi connectivity index (χ3n) is 2.40. The Kier molecular flexibility index (Phi) is 3.02. The second kappa shape index (κ2) is 4.28. The highest BCUT2D eigenvalue weighted by atomic mass is 79.9. The summed E-state index contributed by atoms with van der Waals surface area (Å²) in [6, 6.07) is 5.29. The molecule has 1 aliphatic rings. The van der Waals surface area contributed by atoms with Gasteiger partial charge in [0.2, 0.25) is 0 Å². The van der Waals surface area contributed by atoms with Crippen LogP contribution in [0.15, 0.2) is 22.8 Å². The van der Waals surface area contributed by atoms with E-state index in [0.717, 1.165) is 0 Å². The van der Waals surface area contributed by atoms with E-state index in [9.17, 15) is 4.79 Å². The largest absolute Gasteiger partial charge is 0.393 e. The first-order chi connectivity index (χ1) is 7.15. The highest BCUT2D eigenvalue weighted by Gasteiger charge is 2.28. The maximum absolute atomic E-state index is 11.6. The van der Waals surface area contributed by atoms with Crippen LogP contribution >= 0.6 is 15.9 Å². The number of aliphatic hydroxyl groups is 1. The minimum Gasteiger partial charge on any atom is -0.393 e. The van der Waals surface area contributed by atoms with Crippen molar-refractivity contribution in [2.75, 3.05) is 0 Å². The quantitative estimate of drug-likeness (QED) is 0.792. The summed E-state index contributed by atoms with van der Waals surface area (Å²) in [7, 11) is 0. The van der Waals surface area contributed by atoms with Crippen molar-refractivity contribution in [1.29, 1.82) is 0 Å². The van der Waals surface area contributed by atoms with E-state index in [1.165, 1.54) is 0 Å². The molecular weight excluding hydrogens is 260 g/mol. The standard InChI is InChI=1S/C10H11BrN2O2/c11-9-3-1-2-8(13-9)10(15)12-6-4-7(14)5-6/h1-3,6-7,14H,4-5H2,(H,12,15). The number of nitrogens with zero attached hydrogens (tertiary/aromatic N) is 1. The van der Waals surface area contributed by atoms with E-state index in [2.05, 4.69) is 26.2 Å². The number of carbonyl (C=O) groups excluding carboxylic acids is 1. The van der Waals surface area contributed by atoms with Crippen LogP contribution in [0.2, 0.25) is 0 Å². The molecule has 4 nitrogen and oxygen atoms in total. The summed E-state index contributed by atoms with van der Waals surface area (Å²) in [5, 5.41) is 11.9. The molecule has 1 aromatic heterocycles. The minimum atomic E-state index is -0.259. The average Bonchev–Trinajstić information content (AvgIpc) is 2.15. The second-order valence-electron chi connectivity index (χ2n) is 3.64. The van der Waals surface area contributed by atoms with E-state index in [-0.39, 0.29) is 18.1 Å². The van der Waals surface area contributed by atoms with Crippen molar-refractivity contribution in [1.82, 2.24) is 10.3 Å². The molecule has 0 bridgehead atoms. The Morgan fingerprint density at radius 3 is 2.87 bits per heavy atom. The van der Waals surface area contributed by atoms with Crippen molar-refractivity contribution in [3.8, 4) is 0 Å². The van der Waals surface area contributed by atoms with Crippen molar-refractivity contribution in [2.24, 2.45) is 0 Å². The van der Waals surface area contributed by atoms with Crippen LogP contribution in [0.5, 0.6) is 0 Å². The Balaban J connectivity index is 1.96. The van der Waals surface area contributed by atoms with Gasteiger partial charge in [0.15, 0.2) is 0 Å². The number of nitrogens with one attached hydrogen (secondary N) is 1. The molecule has 1 amide bonds. The lowest BCUT2D eigenvalue weighted by molar-refractivity contribution is 0.0560. The second-order valence-corrected chi connectivity index (χ2v) is 4.45. The maximum atomic E-state index is 11.6. The summed E-state index contributed by atoms with van der Waals surface area (Å²) >= 11 is 3.21. The van der Waals surface area contributed by atoms with Gasteiger partial charge in [-0.15, -0.1) is 0 Å². The van der Waals surface area contributed by atoms with Crippen LogP contribution in [-0.4, -0.2) is 28.1 Å². The third-order valence-corrected chi connectivity index (χ3v) is 2.84. The van der Waals surface area contributed by atoms with Crippen LogP contribution in [0, 0.1) is 0 Å². The molecule has 15 heavy (non-hydrogen) atoms. The maximum Gasteiger partial charge on any atom is 0.270 e. The molecule has 1 fully saturated rings. The summed E-state index contributed by atoms with van der Waals surface area (Å²) in [4.78, 5) is 15.7. The number of aliphatic hydroxyl groups excluding tert-OH is 1. The van der Waals surface area contributed by atoms with Gasteiger partial charge in [-0.3, -0.25) is 4.79 Å². The van der Waals surface area contributed by atoms with Crippen LogP contribution in [0.25, 0.3) is 0 Å². The Labute approximate surface area is 95.8 Å². The smallest absolute Gasteiger partial charge is 0.270 e. The van der Waals surface area contributed by atoms with Crippen LogP contribution in [0.3, 0.4) is 0 Å². The first-order valence-corrected chi connectivity index (χ1v) is 5.56. The molecular formula is C10H11BrN2O2. The predicted molar refractivity (Wildman–Crippen MR) is 58.4 cm³/mol. The molecule has 1 aliphatic carbocycles. The highest BCUT2D eigenvalue weighted by molar-refractivity contribution is 9.10. The number of pyridine rings is 1. The molecule has 5 heteroatoms. The number of hydrogen-bond donors (Lipinski definition) is 2. The van der Waals surface area contributed by atoms with Gasteiger partial charge in [-0.1, -0.05) is 6.07 Å². The van der Waals surface area contributed by atoms with Crippen LogP contribution in [-0.2, 0) is 0 Å². The van der Waals surface area contributed by atoms with Gasteiger partial charge in [0.1, 0.15) is 10.3 Å². The van der Waals surface area contributed by atoms with Gasteiger partial charge < -0.3 is 10.4 Å². The fourth-order valence-electron chi connectivity index (χ4n) is 1.50. The molecule has 2 rings (SSSR count). The third kappa shape index (κ3) is 2.54. The molecule has 0 aromatic carbocycles. The number of aromatic nitrogens is 1. The number of amides is 1. The van der Waals surface area contributed by atoms with E-state index in [1.54, 1.807) is 18.2 Å². The molecule has 0 atom stereocenters. The van der Waals surface area contributed by atoms with Crippen molar-refractivity contribution in [3.63, 3.8) is 0 Å². The lowest BCUT2D eigenvalue weighted by Crippen LogP contribution is -2.46. The van der Waals surface area contributed by atoms with E-state index in [0.29, 0.717) is 23.1 Å². The summed E-state index contributed by atoms with van der Waals surface area (Å²) in [5.74, 6) is -0.187. The van der Waals surface area contributed by atoms with Crippen LogP contribution < -0.4 is 5.32 Å². The first kappa shape index (κ1) is 10.6. The zero-order valence-corrected chi connectivity index (χ0v) is 9.57. The SMILES string of the molecule is O=C(NC1CC(O)C1)c1cccc(Br)n1. The topological polar surface area (TPSA) is 62.2 Å². The predicted octanol–water partition coefficient (Wildman–Crippen LogP) is 1.10. The van der Waals surface area contributed by atoms with Gasteiger partial charge in [0.05, 0.1) is 6.10 Å². The van der Waals surface area contributed by atoms with Crippen LogP contribution in [0.1, 0.15) is 23.3 Å². The molecule has 0 aliphatic heterocycles. The zero-order valence-electron chi connectivity index (χ0n) is 7.98. The highest BCUT2D eigenvalue weighted by Crippen LogP contribution is 2.19. The summed E-state index contributed by atoms with van der Waals surface area (Å²) < 4.78 is 0.642. The minimum absolute atomic E-state index is 0.0910. The first-order valence-electron chi connectivity index (χ1n) is 4.76. The van der Waals surface area contributed by atoms with Crippen molar-refractivity contribution in [2.45, 2.75) is 25.0 Å². The number of carbonyl (C=O) groups is 1. The average molecular weight is 271 g/mol. The molecule has 1 saturated carbocycles. The lowest BCUT2D eigenvalue weighted by Gasteiger charge is -2.31. The van der Waals surface area contributed by atoms with E-state index < -0.39 is 0 Å². The van der Waals surface area contributed by atoms with E-state index in [4.69, 9.17) is 5.11 Å². The number of hydrogen-bond acceptors (Lipinski definition) is 3. The lowest BCUT2D eigenvalue weighted by atomic mass is 9.89. The summed E-state index contributed by atoms with van der Waals surface area (Å²) in [5.41, 5.74) is 0.394. The molecule has 0 unspecified atom stereocenters. The Morgan fingerprint density at radius 2 is 2.27 bits per heavy atom. The van der Waals surface area contributed by atoms with Gasteiger partial charge in [-0.25, -0.2) is 4.98 Å². The molecule has 0 spiro atoms. The molecule has 1 heterocycles. The van der Waals surface area contributed by atoms with Gasteiger partial charge >= 0.3 is 0 Å². The van der Waals surface area contributed by atoms with Crippen LogP contribution in [0.4, 0.5) is 0 Å². The van der Waals surface area contributed by atoms with Crippen molar-refractivity contribution < 1.29 is 9.90 Å². The summed E-state index contributed by atoms with van der Waals surface area (Å²) in [6.07, 6.45) is 1.02. The van der Waals surface area contributed by atoms with Crippen molar-refractivity contribution in [3.05, 3.63) is 28.5 Å². The van der Waals surface area contributed by atoms with Gasteiger partial charge in [0, 0.05) is 6.04 Å². The van der Waals surface area contributed by atoms with Gasteiger partial charge in [0.25, 0.3) is 5.91 Å². The van der Waals surface area contributed by atoms with E-state index >= 15 is 0 Å². The van der Waals surface area contributed by atoms with Gasteiger partial charge in [-0.2, -0.15) is 0 Å². The molecule has 2 N–H and O–H groups in total. The fraction of sp³-hybridized carbons (Fsp3) is 0.400. The monoisotopic (exact) mass is 270 g/mol. The number of rotatable bonds is 2.